The van der Waals surface area contributed by atoms with Crippen molar-refractivity contribution in [2.24, 2.45) is 0 Å². The molecule has 0 radical (unpaired) electrons. The Bertz CT molecular complexity index is 374. The zero-order valence-electron chi connectivity index (χ0n) is 13.6. The molecule has 126 valence electrons. The summed E-state index contributed by atoms with van der Waals surface area (Å²) in [6, 6.07) is 0.432. The van der Waals surface area contributed by atoms with Crippen LogP contribution in [-0.2, 0) is 14.9 Å². The van der Waals surface area contributed by atoms with Gasteiger partial charge in [0, 0.05) is 44.9 Å². The summed E-state index contributed by atoms with van der Waals surface area (Å²) < 4.78 is 34.4. The molecule has 0 spiro atoms. The van der Waals surface area contributed by atoms with Gasteiger partial charge in [-0.3, -0.25) is 0 Å². The van der Waals surface area contributed by atoms with Crippen molar-refractivity contribution in [2.45, 2.75) is 58.5 Å². The molecule has 21 heavy (non-hydrogen) atoms. The summed E-state index contributed by atoms with van der Waals surface area (Å²) >= 11 is 0. The van der Waals surface area contributed by atoms with E-state index in [1.165, 1.54) is 0 Å². The number of rotatable bonds is 10. The summed E-state index contributed by atoms with van der Waals surface area (Å²) in [6.07, 6.45) is 3.67. The molecule has 1 heterocycles. The predicted molar refractivity (Wildman–Crippen MR) is 85.5 cm³/mol. The minimum absolute atomic E-state index is 0.0607. The van der Waals surface area contributed by atoms with Gasteiger partial charge in [0.15, 0.2) is 0 Å². The maximum Gasteiger partial charge on any atom is 0.279 e. The van der Waals surface area contributed by atoms with Crippen LogP contribution in [0.5, 0.6) is 0 Å². The van der Waals surface area contributed by atoms with Gasteiger partial charge < -0.3 is 10.1 Å². The topological polar surface area (TPSA) is 70.7 Å². The standard InChI is InChI=1S/C14H31N3O3S/c1-4-20-11-7-9-16-21(18,19)17-10-6-5-8-14(17)12-15-13(2)3/h13-16H,4-12H2,1-3H3. The fourth-order valence-electron chi connectivity index (χ4n) is 2.47. The number of nitrogens with one attached hydrogen (secondary N) is 2. The van der Waals surface area contributed by atoms with Crippen molar-refractivity contribution in [3.05, 3.63) is 0 Å². The van der Waals surface area contributed by atoms with Gasteiger partial charge in [0.2, 0.25) is 0 Å². The molecule has 1 rings (SSSR count). The van der Waals surface area contributed by atoms with Gasteiger partial charge in [-0.1, -0.05) is 20.3 Å². The number of hydrogen-bond acceptors (Lipinski definition) is 4. The summed E-state index contributed by atoms with van der Waals surface area (Å²) in [5, 5.41) is 3.35. The fourth-order valence-corrected chi connectivity index (χ4v) is 3.98. The molecule has 6 nitrogen and oxygen atoms in total. The number of nitrogens with zero attached hydrogens (tertiary/aromatic N) is 1. The van der Waals surface area contributed by atoms with E-state index in [1.54, 1.807) is 4.31 Å². The summed E-state index contributed by atoms with van der Waals surface area (Å²) in [6.45, 7) is 9.12. The summed E-state index contributed by atoms with van der Waals surface area (Å²) in [7, 11) is -3.38. The first-order chi connectivity index (χ1) is 9.97. The largest absolute Gasteiger partial charge is 0.382 e. The first kappa shape index (κ1) is 18.8. The molecular weight excluding hydrogens is 290 g/mol. The molecule has 0 saturated carbocycles. The van der Waals surface area contributed by atoms with Crippen molar-refractivity contribution in [3.8, 4) is 0 Å². The lowest BCUT2D eigenvalue weighted by Crippen LogP contribution is -2.53. The fraction of sp³-hybridized carbons (Fsp3) is 1.00. The maximum absolute atomic E-state index is 12.4. The van der Waals surface area contributed by atoms with Crippen LogP contribution in [0.1, 0.15) is 46.5 Å². The Labute approximate surface area is 129 Å². The average Bonchev–Trinajstić information content (AvgIpc) is 2.45. The van der Waals surface area contributed by atoms with Crippen LogP contribution in [-0.4, -0.2) is 57.7 Å². The van der Waals surface area contributed by atoms with E-state index >= 15 is 0 Å². The molecule has 0 amide bonds. The first-order valence-corrected chi connectivity index (χ1v) is 9.49. The van der Waals surface area contributed by atoms with Crippen LogP contribution in [0.15, 0.2) is 0 Å². The highest BCUT2D eigenvalue weighted by Crippen LogP contribution is 2.19. The van der Waals surface area contributed by atoms with Gasteiger partial charge in [-0.25, -0.2) is 4.72 Å². The lowest BCUT2D eigenvalue weighted by molar-refractivity contribution is 0.145. The van der Waals surface area contributed by atoms with Crippen molar-refractivity contribution < 1.29 is 13.2 Å². The second-order valence-corrected chi connectivity index (χ2v) is 7.48. The molecule has 0 aliphatic carbocycles. The van der Waals surface area contributed by atoms with Crippen molar-refractivity contribution >= 4 is 10.2 Å². The average molecular weight is 321 g/mol. The van der Waals surface area contributed by atoms with E-state index in [2.05, 4.69) is 23.9 Å². The van der Waals surface area contributed by atoms with Gasteiger partial charge in [0.05, 0.1) is 0 Å². The Morgan fingerprint density at radius 2 is 2.10 bits per heavy atom. The molecule has 1 fully saturated rings. The SMILES string of the molecule is CCOCCCNS(=O)(=O)N1CCCCC1CNC(C)C. The van der Waals surface area contributed by atoms with E-state index in [4.69, 9.17) is 4.74 Å². The molecule has 7 heteroatoms. The molecule has 1 atom stereocenters. The Morgan fingerprint density at radius 1 is 1.33 bits per heavy atom. The van der Waals surface area contributed by atoms with Crippen LogP contribution < -0.4 is 10.0 Å². The van der Waals surface area contributed by atoms with Crippen LogP contribution >= 0.6 is 0 Å². The molecule has 1 aliphatic rings. The first-order valence-electron chi connectivity index (χ1n) is 8.05. The molecular formula is C14H31N3O3S. The van der Waals surface area contributed by atoms with Crippen molar-refractivity contribution in [1.29, 1.82) is 0 Å². The van der Waals surface area contributed by atoms with Crippen LogP contribution in [0.2, 0.25) is 0 Å². The maximum atomic E-state index is 12.4. The highest BCUT2D eigenvalue weighted by Gasteiger charge is 2.31. The third kappa shape index (κ3) is 7.06. The van der Waals surface area contributed by atoms with E-state index in [0.717, 1.165) is 25.8 Å². The summed E-state index contributed by atoms with van der Waals surface area (Å²) in [4.78, 5) is 0. The number of piperidine rings is 1. The van der Waals surface area contributed by atoms with Crippen molar-refractivity contribution in [2.75, 3.05) is 32.8 Å². The van der Waals surface area contributed by atoms with Crippen LogP contribution in [0.3, 0.4) is 0 Å². The molecule has 0 bridgehead atoms. The monoisotopic (exact) mass is 321 g/mol. The number of hydrogen-bond donors (Lipinski definition) is 2. The lowest BCUT2D eigenvalue weighted by atomic mass is 10.0. The minimum Gasteiger partial charge on any atom is -0.382 e. The third-order valence-corrected chi connectivity index (χ3v) is 5.26. The quantitative estimate of drug-likeness (QED) is 0.591. The van der Waals surface area contributed by atoms with Gasteiger partial charge >= 0.3 is 0 Å². The molecule has 0 aromatic carbocycles. The molecule has 0 aromatic rings. The van der Waals surface area contributed by atoms with E-state index < -0.39 is 10.2 Å². The predicted octanol–water partition coefficient (Wildman–Crippen LogP) is 1.10. The second kappa shape index (κ2) is 9.74. The normalized spacial score (nSPS) is 21.0. The van der Waals surface area contributed by atoms with Crippen LogP contribution in [0.4, 0.5) is 0 Å². The zero-order valence-corrected chi connectivity index (χ0v) is 14.4. The van der Waals surface area contributed by atoms with E-state index in [1.807, 2.05) is 6.92 Å². The van der Waals surface area contributed by atoms with Crippen LogP contribution in [0, 0.1) is 0 Å². The van der Waals surface area contributed by atoms with Gasteiger partial charge in [-0.2, -0.15) is 12.7 Å². The van der Waals surface area contributed by atoms with Crippen LogP contribution in [0.25, 0.3) is 0 Å². The third-order valence-electron chi connectivity index (χ3n) is 3.60. The highest BCUT2D eigenvalue weighted by atomic mass is 32.2. The van der Waals surface area contributed by atoms with E-state index in [0.29, 0.717) is 38.8 Å². The summed E-state index contributed by atoms with van der Waals surface area (Å²) in [5.41, 5.74) is 0. The molecule has 2 N–H and O–H groups in total. The van der Waals surface area contributed by atoms with Crippen molar-refractivity contribution in [3.63, 3.8) is 0 Å². The molecule has 0 aromatic heterocycles. The highest BCUT2D eigenvalue weighted by molar-refractivity contribution is 7.87. The van der Waals surface area contributed by atoms with E-state index in [-0.39, 0.29) is 6.04 Å². The number of ether oxygens (including phenoxy) is 1. The smallest absolute Gasteiger partial charge is 0.279 e. The zero-order chi connectivity index (χ0) is 15.7. The van der Waals surface area contributed by atoms with E-state index in [9.17, 15) is 8.42 Å². The molecule has 1 unspecified atom stereocenters. The second-order valence-electron chi connectivity index (χ2n) is 5.77. The molecule has 1 aliphatic heterocycles. The van der Waals surface area contributed by atoms with Gasteiger partial charge in [0.1, 0.15) is 0 Å². The Morgan fingerprint density at radius 3 is 2.76 bits per heavy atom. The lowest BCUT2D eigenvalue weighted by Gasteiger charge is -2.35. The van der Waals surface area contributed by atoms with Gasteiger partial charge in [-0.15, -0.1) is 0 Å². The minimum atomic E-state index is -3.38. The Hall–Kier alpha value is -0.210. The summed E-state index contributed by atoms with van der Waals surface area (Å²) in [5.74, 6) is 0. The van der Waals surface area contributed by atoms with Crippen molar-refractivity contribution in [1.82, 2.24) is 14.3 Å². The molecule has 1 saturated heterocycles. The van der Waals surface area contributed by atoms with Gasteiger partial charge in [0.25, 0.3) is 10.2 Å². The Balaban J connectivity index is 2.48. The van der Waals surface area contributed by atoms with Gasteiger partial charge in [-0.05, 0) is 26.2 Å². The Kier molecular flexibility index (Phi) is 8.73.